The molecule has 0 spiro atoms. The van der Waals surface area contributed by atoms with Crippen LogP contribution in [0.1, 0.15) is 57.6 Å². The lowest BCUT2D eigenvalue weighted by Gasteiger charge is -2.28. The van der Waals surface area contributed by atoms with Gasteiger partial charge in [0, 0.05) is 31.0 Å². The number of carbonyl (C=O) groups is 1. The molecular formula is C29H39N7O2. The van der Waals surface area contributed by atoms with Gasteiger partial charge in [0.25, 0.3) is 5.91 Å². The van der Waals surface area contributed by atoms with Crippen molar-refractivity contribution in [2.45, 2.75) is 53.2 Å². The highest BCUT2D eigenvalue weighted by Crippen LogP contribution is 2.26. The molecule has 0 saturated carbocycles. The van der Waals surface area contributed by atoms with Crippen LogP contribution in [0.2, 0.25) is 0 Å². The van der Waals surface area contributed by atoms with Crippen molar-refractivity contribution in [2.24, 2.45) is 5.41 Å². The lowest BCUT2D eigenvalue weighted by molar-refractivity contribution is 0.0740. The first-order chi connectivity index (χ1) is 17.9. The molecule has 0 fully saturated rings. The van der Waals surface area contributed by atoms with Crippen molar-refractivity contribution in [1.29, 1.82) is 0 Å². The van der Waals surface area contributed by atoms with Crippen molar-refractivity contribution in [1.82, 2.24) is 25.6 Å². The summed E-state index contributed by atoms with van der Waals surface area (Å²) >= 11 is 0. The Morgan fingerprint density at radius 3 is 2.74 bits per heavy atom. The number of nitrogens with zero attached hydrogens (tertiary/aromatic N) is 3. The Kier molecular flexibility index (Phi) is 9.19. The molecule has 0 radical (unpaired) electrons. The van der Waals surface area contributed by atoms with Crippen LogP contribution in [-0.2, 0) is 5.60 Å². The van der Waals surface area contributed by atoms with Crippen molar-refractivity contribution in [2.75, 3.05) is 23.7 Å². The minimum absolute atomic E-state index is 0.000239. The highest BCUT2D eigenvalue weighted by atomic mass is 16.3. The molecule has 5 N–H and O–H groups in total. The Bertz CT molecular complexity index is 1260. The number of carbonyl (C=O) groups excluding carboxylic acids is 1. The SMILES string of the molecule is C=CCNC(=O)c1cnc(NC2=C/C=C(\C)C(C)(C)CNC(C)\C=C\2)nc1Nc1cccc(C(C)(C)O)n1. The smallest absolute Gasteiger partial charge is 0.256 e. The van der Waals surface area contributed by atoms with E-state index in [2.05, 4.69) is 82.6 Å². The van der Waals surface area contributed by atoms with Gasteiger partial charge in [-0.2, -0.15) is 4.98 Å². The van der Waals surface area contributed by atoms with Gasteiger partial charge in [-0.25, -0.2) is 9.97 Å². The molecule has 202 valence electrons. The molecule has 9 heteroatoms. The van der Waals surface area contributed by atoms with E-state index in [1.165, 1.54) is 11.8 Å². The van der Waals surface area contributed by atoms with Crippen molar-refractivity contribution in [3.8, 4) is 0 Å². The van der Waals surface area contributed by atoms with Crippen LogP contribution in [0, 0.1) is 5.41 Å². The van der Waals surface area contributed by atoms with Crippen molar-refractivity contribution < 1.29 is 9.90 Å². The van der Waals surface area contributed by atoms with E-state index < -0.39 is 5.60 Å². The average molecular weight is 518 g/mol. The predicted octanol–water partition coefficient (Wildman–Crippen LogP) is 4.57. The standard InChI is InChI=1S/C29H39N7O2/c1-8-16-30-26(37)22-17-31-27(36-25(22)35-24-11-9-10-23(34-24)29(6,7)38)33-21-14-12-19(2)28(4,5)18-32-20(3)13-15-21/h8-15,17,20,32,38H,1,16,18H2,2-7H3,(H,30,37)(H2,31,33,34,35,36)/b15-13+,19-12+,21-14+. The molecule has 0 aromatic carbocycles. The van der Waals surface area contributed by atoms with Gasteiger partial charge >= 0.3 is 0 Å². The van der Waals surface area contributed by atoms with E-state index in [1.54, 1.807) is 38.1 Å². The van der Waals surface area contributed by atoms with E-state index >= 15 is 0 Å². The highest BCUT2D eigenvalue weighted by Gasteiger charge is 2.21. The lowest BCUT2D eigenvalue weighted by Crippen LogP contribution is -2.35. The van der Waals surface area contributed by atoms with Crippen molar-refractivity contribution in [3.05, 3.63) is 83.9 Å². The van der Waals surface area contributed by atoms with Gasteiger partial charge in [-0.05, 0) is 57.4 Å². The Labute approximate surface area is 225 Å². The van der Waals surface area contributed by atoms with Gasteiger partial charge in [-0.15, -0.1) is 6.58 Å². The molecule has 0 aliphatic carbocycles. The largest absolute Gasteiger partial charge is 0.384 e. The highest BCUT2D eigenvalue weighted by molar-refractivity contribution is 5.99. The van der Waals surface area contributed by atoms with Gasteiger partial charge in [-0.3, -0.25) is 4.79 Å². The molecule has 3 rings (SSSR count). The van der Waals surface area contributed by atoms with Crippen LogP contribution >= 0.6 is 0 Å². The van der Waals surface area contributed by atoms with Crippen molar-refractivity contribution in [3.63, 3.8) is 0 Å². The van der Waals surface area contributed by atoms with Gasteiger partial charge in [0.2, 0.25) is 5.95 Å². The van der Waals surface area contributed by atoms with Gasteiger partial charge in [0.1, 0.15) is 22.8 Å². The Hall–Kier alpha value is -3.82. The second-order valence-corrected chi connectivity index (χ2v) is 10.6. The minimum Gasteiger partial charge on any atom is -0.384 e. The Morgan fingerprint density at radius 2 is 2.03 bits per heavy atom. The number of hydrogen-bond acceptors (Lipinski definition) is 8. The first-order valence-electron chi connectivity index (χ1n) is 12.7. The zero-order chi connectivity index (χ0) is 27.9. The summed E-state index contributed by atoms with van der Waals surface area (Å²) < 4.78 is 0. The number of amides is 1. The number of hydrogen-bond donors (Lipinski definition) is 5. The summed E-state index contributed by atoms with van der Waals surface area (Å²) in [7, 11) is 0. The molecule has 1 amide bonds. The van der Waals surface area contributed by atoms with E-state index in [-0.39, 0.29) is 28.7 Å². The summed E-state index contributed by atoms with van der Waals surface area (Å²) in [5.41, 5.74) is 1.64. The fraction of sp³-hybridized carbons (Fsp3) is 0.379. The molecular weight excluding hydrogens is 478 g/mol. The number of allylic oxidation sites excluding steroid dienone is 3. The fourth-order valence-electron chi connectivity index (χ4n) is 3.51. The van der Waals surface area contributed by atoms with Crippen molar-refractivity contribution >= 4 is 23.5 Å². The maximum Gasteiger partial charge on any atom is 0.256 e. The topological polar surface area (TPSA) is 124 Å². The maximum absolute atomic E-state index is 12.8. The van der Waals surface area contributed by atoms with Gasteiger partial charge in [0.15, 0.2) is 0 Å². The van der Waals surface area contributed by atoms with E-state index in [9.17, 15) is 9.90 Å². The summed E-state index contributed by atoms with van der Waals surface area (Å²) in [4.78, 5) is 26.3. The van der Waals surface area contributed by atoms with Crippen LogP contribution in [0.4, 0.5) is 17.6 Å². The quantitative estimate of drug-likeness (QED) is 0.323. The summed E-state index contributed by atoms with van der Waals surface area (Å²) in [5.74, 6) is 0.670. The molecule has 38 heavy (non-hydrogen) atoms. The minimum atomic E-state index is -1.12. The Morgan fingerprint density at radius 1 is 1.26 bits per heavy atom. The zero-order valence-electron chi connectivity index (χ0n) is 23.1. The summed E-state index contributed by atoms with van der Waals surface area (Å²) in [6, 6.07) is 5.43. The van der Waals surface area contributed by atoms with Crippen LogP contribution in [0.15, 0.2) is 72.6 Å². The van der Waals surface area contributed by atoms with Gasteiger partial charge < -0.3 is 26.4 Å². The van der Waals surface area contributed by atoms with E-state index in [4.69, 9.17) is 0 Å². The van der Waals surface area contributed by atoms with Gasteiger partial charge in [0.05, 0.1) is 5.69 Å². The summed E-state index contributed by atoms with van der Waals surface area (Å²) in [5, 5.41) is 23.1. The molecule has 1 unspecified atom stereocenters. The number of rotatable bonds is 8. The molecule has 0 saturated heterocycles. The number of pyridine rings is 1. The molecule has 2 aromatic rings. The van der Waals surface area contributed by atoms with Gasteiger partial charge in [-0.1, -0.05) is 43.7 Å². The van der Waals surface area contributed by atoms with Crippen LogP contribution in [0.5, 0.6) is 0 Å². The predicted molar refractivity (Wildman–Crippen MR) is 153 cm³/mol. The number of aliphatic hydroxyl groups is 1. The molecule has 2 aromatic heterocycles. The van der Waals surface area contributed by atoms with E-state index in [1.807, 2.05) is 12.2 Å². The third-order valence-electron chi connectivity index (χ3n) is 6.33. The normalized spacial score (nSPS) is 21.2. The maximum atomic E-state index is 12.8. The third-order valence-corrected chi connectivity index (χ3v) is 6.33. The molecule has 1 atom stereocenters. The Balaban J connectivity index is 1.99. The van der Waals surface area contributed by atoms with E-state index in [0.29, 0.717) is 24.0 Å². The second kappa shape index (κ2) is 12.1. The second-order valence-electron chi connectivity index (χ2n) is 10.6. The summed E-state index contributed by atoms with van der Waals surface area (Å²) in [6.07, 6.45) is 11.2. The molecule has 3 heterocycles. The molecule has 1 aliphatic heterocycles. The molecule has 1 aliphatic rings. The fourth-order valence-corrected chi connectivity index (χ4v) is 3.51. The lowest BCUT2D eigenvalue weighted by atomic mass is 9.84. The van der Waals surface area contributed by atoms with Crippen LogP contribution < -0.4 is 21.3 Å². The van der Waals surface area contributed by atoms with Crippen LogP contribution in [-0.4, -0.2) is 45.1 Å². The monoisotopic (exact) mass is 517 g/mol. The average Bonchev–Trinajstić information content (AvgIpc) is 2.86. The first-order valence-corrected chi connectivity index (χ1v) is 12.7. The number of nitrogens with one attached hydrogen (secondary N) is 4. The number of anilines is 3. The van der Waals surface area contributed by atoms with Crippen LogP contribution in [0.3, 0.4) is 0 Å². The number of aromatic nitrogens is 3. The summed E-state index contributed by atoms with van der Waals surface area (Å²) in [6.45, 7) is 16.8. The third kappa shape index (κ3) is 7.84. The first kappa shape index (κ1) is 28.7. The zero-order valence-corrected chi connectivity index (χ0v) is 23.1. The van der Waals surface area contributed by atoms with E-state index in [0.717, 1.165) is 12.2 Å². The molecule has 9 nitrogen and oxygen atoms in total. The van der Waals surface area contributed by atoms with Crippen LogP contribution in [0.25, 0.3) is 0 Å². The molecule has 0 bridgehead atoms.